The molecule has 18 nitrogen and oxygen atoms in total. The number of rotatable bonds is 3. The van der Waals surface area contributed by atoms with Crippen molar-refractivity contribution < 1.29 is 84.7 Å². The van der Waals surface area contributed by atoms with Gasteiger partial charge in [-0.15, -0.1) is 0 Å². The Bertz CT molecular complexity index is 1620. The smallest absolute Gasteiger partial charge is 0.311 e. The first-order valence-corrected chi connectivity index (χ1v) is 22.6. The van der Waals surface area contributed by atoms with Crippen molar-refractivity contribution in [3.8, 4) is 0 Å². The van der Waals surface area contributed by atoms with Crippen molar-refractivity contribution in [2.75, 3.05) is 0 Å². The van der Waals surface area contributed by atoms with Gasteiger partial charge in [0.1, 0.15) is 18.1 Å². The van der Waals surface area contributed by atoms with E-state index in [9.17, 15) is 65.8 Å². The highest BCUT2D eigenvalue weighted by atomic mass is 16.7. The Kier molecular flexibility index (Phi) is 23.8. The van der Waals surface area contributed by atoms with Gasteiger partial charge in [0.15, 0.2) is 12.1 Å². The van der Waals surface area contributed by atoms with E-state index in [1.165, 1.54) is 13.0 Å². The van der Waals surface area contributed by atoms with Crippen LogP contribution < -0.4 is 5.73 Å². The van der Waals surface area contributed by atoms with Gasteiger partial charge in [0.25, 0.3) is 0 Å². The summed E-state index contributed by atoms with van der Waals surface area (Å²) in [5, 5.41) is 118. The number of fused-ring (bicyclic) bond motifs is 2. The van der Waals surface area contributed by atoms with E-state index in [0.717, 1.165) is 12.8 Å². The number of carbonyl (C=O) groups is 2. The van der Waals surface area contributed by atoms with E-state index in [-0.39, 0.29) is 38.0 Å². The fourth-order valence-electron chi connectivity index (χ4n) is 8.11. The lowest BCUT2D eigenvalue weighted by molar-refractivity contribution is -0.310. The lowest BCUT2D eigenvalue weighted by Crippen LogP contribution is -2.61. The summed E-state index contributed by atoms with van der Waals surface area (Å²) in [6.07, 6.45) is 2.28. The van der Waals surface area contributed by atoms with Gasteiger partial charge in [-0.2, -0.15) is 0 Å². The minimum Gasteiger partial charge on any atom is -0.481 e. The first-order valence-electron chi connectivity index (χ1n) is 22.6. The van der Waals surface area contributed by atoms with E-state index < -0.39 is 141 Å². The number of allylic oxidation sites excluding steroid dienone is 10. The molecule has 0 aromatic carbocycles. The number of aliphatic carboxylic acids is 1. The first kappa shape index (κ1) is 56.1. The van der Waals surface area contributed by atoms with Crippen molar-refractivity contribution in [1.82, 2.24) is 0 Å². The van der Waals surface area contributed by atoms with E-state index in [1.54, 1.807) is 38.2 Å². The third kappa shape index (κ3) is 18.8. The molecular weight excluding hydrogens is 851 g/mol. The quantitative estimate of drug-likeness (QED) is 0.175. The van der Waals surface area contributed by atoms with Crippen LogP contribution in [0.5, 0.6) is 0 Å². The van der Waals surface area contributed by atoms with Crippen LogP contribution in [0.3, 0.4) is 0 Å². The third-order valence-corrected chi connectivity index (χ3v) is 12.2. The van der Waals surface area contributed by atoms with Gasteiger partial charge in [0.05, 0.1) is 79.6 Å². The Hall–Kier alpha value is -3.18. The summed E-state index contributed by atoms with van der Waals surface area (Å²) in [5.41, 5.74) is 6.02. The third-order valence-electron chi connectivity index (χ3n) is 12.2. The highest BCUT2D eigenvalue weighted by molar-refractivity contribution is 5.71. The number of nitrogens with two attached hydrogens (primary N) is 1. The molecule has 13 N–H and O–H groups in total. The minimum atomic E-state index is -2.35. The summed E-state index contributed by atoms with van der Waals surface area (Å²) < 4.78 is 23.2. The highest BCUT2D eigenvalue weighted by Gasteiger charge is 2.51. The van der Waals surface area contributed by atoms with E-state index >= 15 is 0 Å². The number of carboxylic acids is 1. The van der Waals surface area contributed by atoms with Crippen LogP contribution in [0.4, 0.5) is 0 Å². The Morgan fingerprint density at radius 3 is 1.94 bits per heavy atom. The van der Waals surface area contributed by atoms with E-state index in [4.69, 9.17) is 24.7 Å². The molecule has 2 saturated heterocycles. The highest BCUT2D eigenvalue weighted by Crippen LogP contribution is 2.38. The summed E-state index contributed by atoms with van der Waals surface area (Å²) in [6.45, 7) is 6.78. The van der Waals surface area contributed by atoms with Crippen molar-refractivity contribution in [2.45, 2.75) is 189 Å². The second-order valence-corrected chi connectivity index (χ2v) is 17.8. The molecule has 1 unspecified atom stereocenters. The minimum absolute atomic E-state index is 0.138. The molecule has 2 bridgehead atoms. The Morgan fingerprint density at radius 2 is 1.28 bits per heavy atom. The van der Waals surface area contributed by atoms with Crippen molar-refractivity contribution >= 4 is 11.9 Å². The van der Waals surface area contributed by atoms with Gasteiger partial charge in [-0.1, -0.05) is 86.8 Å². The van der Waals surface area contributed by atoms with Gasteiger partial charge < -0.3 is 80.9 Å². The fraction of sp³-hybridized carbons (Fsp3) is 0.702. The average molecular weight is 926 g/mol. The van der Waals surface area contributed by atoms with Gasteiger partial charge in [-0.3, -0.25) is 9.59 Å². The lowest BCUT2D eigenvalue weighted by Gasteiger charge is -2.45. The molecule has 2 fully saturated rings. The van der Waals surface area contributed by atoms with E-state index in [1.807, 2.05) is 49.5 Å². The number of hydrogen-bond acceptors (Lipinski definition) is 17. The molecule has 0 saturated carbocycles. The van der Waals surface area contributed by atoms with Gasteiger partial charge in [0.2, 0.25) is 0 Å². The van der Waals surface area contributed by atoms with Crippen LogP contribution in [-0.2, 0) is 28.5 Å². The Morgan fingerprint density at radius 1 is 0.692 bits per heavy atom. The van der Waals surface area contributed by atoms with Crippen LogP contribution in [0.1, 0.15) is 91.9 Å². The molecule has 3 aliphatic rings. The maximum atomic E-state index is 12.6. The fourth-order valence-corrected chi connectivity index (χ4v) is 8.11. The normalized spacial score (nSPS) is 45.2. The van der Waals surface area contributed by atoms with Crippen molar-refractivity contribution in [2.24, 2.45) is 23.5 Å². The molecule has 19 atom stereocenters. The molecule has 0 spiro atoms. The second kappa shape index (κ2) is 27.6. The molecule has 3 aliphatic heterocycles. The van der Waals surface area contributed by atoms with Crippen LogP contribution in [0, 0.1) is 17.8 Å². The molecular formula is C47H75NO17. The maximum absolute atomic E-state index is 12.6. The molecule has 3 heterocycles. The van der Waals surface area contributed by atoms with Crippen molar-refractivity contribution in [3.63, 3.8) is 0 Å². The predicted octanol–water partition coefficient (Wildman–Crippen LogP) is 0.936. The van der Waals surface area contributed by atoms with Crippen LogP contribution in [0.25, 0.3) is 0 Å². The number of hydrogen-bond donors (Lipinski definition) is 12. The lowest BCUT2D eigenvalue weighted by atomic mass is 9.82. The standard InChI is InChI=1S/C47H75NO17/c1-27-17-15-13-11-9-7-5-6-8-10-12-14-16-18-34(64-46-44(58)41(48)43(57)30(4)63-46)24-38-40(45(59)60)37(54)26-47(61,65-38)25-36(53)35(52)20-19-31(49)21-32(50)22-33(51)23-39(55)62-29(3)28(2)42(27)56/h5-6,8,10-18,27-38,40-44,46,49-54,56-58,61H,7,9,19-26,48H2,1-4H3,(H,59,60)/b6-5+,10-8+,13-11+,14-12+,17-15+,18-16+/t27-,28-,29-,30+,31+,32+,33+,34?,35+,36+,37-,38-,40+,41-,42+,43+,44-,46-,47+/m0/s1. The molecule has 0 aromatic heterocycles. The van der Waals surface area contributed by atoms with Gasteiger partial charge >= 0.3 is 11.9 Å². The number of carboxylic acid groups (broad SMARTS) is 1. The predicted molar refractivity (Wildman–Crippen MR) is 237 cm³/mol. The maximum Gasteiger partial charge on any atom is 0.311 e. The molecule has 3 rings (SSSR count). The summed E-state index contributed by atoms with van der Waals surface area (Å²) in [5.74, 6) is -6.82. The van der Waals surface area contributed by atoms with Crippen LogP contribution in [0.15, 0.2) is 72.9 Å². The second-order valence-electron chi connectivity index (χ2n) is 17.8. The summed E-state index contributed by atoms with van der Waals surface area (Å²) in [6, 6.07) is -1.14. The largest absolute Gasteiger partial charge is 0.481 e. The summed E-state index contributed by atoms with van der Waals surface area (Å²) in [4.78, 5) is 25.1. The Labute approximate surface area is 381 Å². The molecule has 65 heavy (non-hydrogen) atoms. The number of aliphatic hydroxyl groups is 10. The number of cyclic esters (lactones) is 1. The monoisotopic (exact) mass is 926 g/mol. The van der Waals surface area contributed by atoms with Crippen LogP contribution >= 0.6 is 0 Å². The number of esters is 1. The first-order chi connectivity index (χ1) is 30.6. The summed E-state index contributed by atoms with van der Waals surface area (Å²) in [7, 11) is 0. The molecule has 0 aromatic rings. The molecule has 0 amide bonds. The van der Waals surface area contributed by atoms with Gasteiger partial charge in [-0.05, 0) is 52.4 Å². The number of ether oxygens (including phenoxy) is 4. The Balaban J connectivity index is 1.84. The van der Waals surface area contributed by atoms with Crippen molar-refractivity contribution in [1.29, 1.82) is 0 Å². The molecule has 0 radical (unpaired) electrons. The zero-order valence-electron chi connectivity index (χ0n) is 37.8. The number of aliphatic hydroxyl groups excluding tert-OH is 9. The summed E-state index contributed by atoms with van der Waals surface area (Å²) >= 11 is 0. The number of carbonyl (C=O) groups excluding carboxylic acids is 1. The molecule has 18 heteroatoms. The SMILES string of the molecule is C[C@@H]1[C@H](O)[C@@H](C)/C=C/C=C/CC/C=C/C=C/C=C/C=C/C(O[C@@H]2O[C@H](C)[C@@H](O)[C@H](N)[C@@H]2O)C[C@@H]2O[C@](O)(C[C@@H](O)[C@H](O)CC[C@@H](O)C[C@@H](O)C[C@@H](O)CC(=O)O[C@H]1C)C[C@H](O)[C@H]2C(=O)O. The van der Waals surface area contributed by atoms with E-state index in [0.29, 0.717) is 0 Å². The van der Waals surface area contributed by atoms with E-state index in [2.05, 4.69) is 0 Å². The topological polar surface area (TPSA) is 320 Å². The average Bonchev–Trinajstić information content (AvgIpc) is 3.21. The zero-order valence-corrected chi connectivity index (χ0v) is 37.8. The zero-order chi connectivity index (χ0) is 48.4. The molecule has 370 valence electrons. The molecule has 0 aliphatic carbocycles. The van der Waals surface area contributed by atoms with Crippen molar-refractivity contribution in [3.05, 3.63) is 72.9 Å². The van der Waals surface area contributed by atoms with Gasteiger partial charge in [0, 0.05) is 31.1 Å². The van der Waals surface area contributed by atoms with Gasteiger partial charge in [-0.25, -0.2) is 0 Å². The van der Waals surface area contributed by atoms with Crippen LogP contribution in [0.2, 0.25) is 0 Å². The van der Waals surface area contributed by atoms with Crippen LogP contribution in [-0.4, -0.2) is 166 Å².